The van der Waals surface area contributed by atoms with Gasteiger partial charge >= 0.3 is 5.97 Å². The number of hydrogen-bond acceptors (Lipinski definition) is 6. The Balaban J connectivity index is 4.97. The number of carbonyl (C=O) groups is 1. The van der Waals surface area contributed by atoms with E-state index in [1.54, 1.807) is 6.92 Å². The van der Waals surface area contributed by atoms with Crippen LogP contribution in [-0.4, -0.2) is 43.4 Å². The van der Waals surface area contributed by atoms with E-state index in [9.17, 15) is 13.2 Å². The van der Waals surface area contributed by atoms with Gasteiger partial charge in [-0.3, -0.25) is 4.79 Å². The molecular formula is C9H17NO5S. The van der Waals surface area contributed by atoms with Crippen molar-refractivity contribution in [3.63, 3.8) is 0 Å². The van der Waals surface area contributed by atoms with Crippen LogP contribution in [0, 0.1) is 0 Å². The predicted molar refractivity (Wildman–Crippen MR) is 59.4 cm³/mol. The maximum absolute atomic E-state index is 11.6. The van der Waals surface area contributed by atoms with Crippen molar-refractivity contribution in [3.05, 3.63) is 0 Å². The first-order valence-corrected chi connectivity index (χ1v) is 6.71. The third-order valence-corrected chi connectivity index (χ3v) is 4.37. The van der Waals surface area contributed by atoms with Crippen molar-refractivity contribution in [1.82, 2.24) is 0 Å². The molecule has 7 heteroatoms. The van der Waals surface area contributed by atoms with Crippen molar-refractivity contribution in [2.24, 2.45) is 5.16 Å². The average molecular weight is 251 g/mol. The van der Waals surface area contributed by atoms with E-state index in [0.717, 1.165) is 12.5 Å². The van der Waals surface area contributed by atoms with E-state index in [-0.39, 0.29) is 19.4 Å². The number of carbonyl (C=O) groups excluding carboxylic acids is 1. The molecule has 1 N–H and O–H groups in total. The molecule has 0 aliphatic heterocycles. The van der Waals surface area contributed by atoms with Crippen molar-refractivity contribution < 1.29 is 23.2 Å². The van der Waals surface area contributed by atoms with Gasteiger partial charge < -0.3 is 9.94 Å². The largest absolute Gasteiger partial charge is 0.465 e. The van der Waals surface area contributed by atoms with Crippen LogP contribution in [0.4, 0.5) is 0 Å². The van der Waals surface area contributed by atoms with E-state index in [4.69, 9.17) is 9.94 Å². The molecule has 0 unspecified atom stereocenters. The fourth-order valence-electron chi connectivity index (χ4n) is 1.12. The van der Waals surface area contributed by atoms with Crippen LogP contribution in [0.5, 0.6) is 0 Å². The van der Waals surface area contributed by atoms with Gasteiger partial charge in [0.2, 0.25) is 0 Å². The standard InChI is InChI=1S/C9H17NO5S/c1-4-15-8(11)9(2,16(3,13)14)6-5-7-10-12/h7,12H,4-6H2,1-3H3/b10-7-/t9-/m0/s1. The van der Waals surface area contributed by atoms with Gasteiger partial charge in [0.15, 0.2) is 14.6 Å². The predicted octanol–water partition coefficient (Wildman–Crippen LogP) is 0.593. The van der Waals surface area contributed by atoms with E-state index in [2.05, 4.69) is 5.16 Å². The van der Waals surface area contributed by atoms with Gasteiger partial charge in [-0.2, -0.15) is 0 Å². The number of hydrogen-bond donors (Lipinski definition) is 1. The third-order valence-electron chi connectivity index (χ3n) is 2.36. The fraction of sp³-hybridized carbons (Fsp3) is 0.778. The maximum Gasteiger partial charge on any atom is 0.327 e. The highest BCUT2D eigenvalue weighted by molar-refractivity contribution is 7.92. The molecule has 0 radical (unpaired) electrons. The quantitative estimate of drug-likeness (QED) is 0.323. The Hall–Kier alpha value is -1.11. The molecule has 0 amide bonds. The van der Waals surface area contributed by atoms with Crippen molar-refractivity contribution in [1.29, 1.82) is 0 Å². The summed E-state index contributed by atoms with van der Waals surface area (Å²) < 4.78 is 26.3. The zero-order valence-corrected chi connectivity index (χ0v) is 10.5. The van der Waals surface area contributed by atoms with E-state index < -0.39 is 20.6 Å². The Morgan fingerprint density at radius 1 is 1.56 bits per heavy atom. The van der Waals surface area contributed by atoms with Crippen molar-refractivity contribution >= 4 is 22.0 Å². The molecule has 0 aliphatic carbocycles. The molecule has 0 aromatic rings. The van der Waals surface area contributed by atoms with E-state index in [0.29, 0.717) is 0 Å². The van der Waals surface area contributed by atoms with E-state index >= 15 is 0 Å². The van der Waals surface area contributed by atoms with Crippen LogP contribution in [0.2, 0.25) is 0 Å². The fourth-order valence-corrected chi connectivity index (χ4v) is 1.97. The third kappa shape index (κ3) is 3.48. The summed E-state index contributed by atoms with van der Waals surface area (Å²) in [5, 5.41) is 11.0. The topological polar surface area (TPSA) is 93.0 Å². The minimum atomic E-state index is -3.58. The van der Waals surface area contributed by atoms with Gasteiger partial charge in [0, 0.05) is 12.5 Å². The lowest BCUT2D eigenvalue weighted by molar-refractivity contribution is -0.145. The first-order valence-electron chi connectivity index (χ1n) is 4.82. The number of esters is 1. The molecule has 0 fully saturated rings. The number of oxime groups is 1. The maximum atomic E-state index is 11.6. The minimum Gasteiger partial charge on any atom is -0.465 e. The van der Waals surface area contributed by atoms with Gasteiger partial charge in [-0.25, -0.2) is 8.42 Å². The lowest BCUT2D eigenvalue weighted by Crippen LogP contribution is -2.44. The number of rotatable bonds is 6. The molecule has 0 aromatic carbocycles. The van der Waals surface area contributed by atoms with Gasteiger partial charge in [-0.15, -0.1) is 5.16 Å². The molecule has 94 valence electrons. The highest BCUT2D eigenvalue weighted by Crippen LogP contribution is 2.24. The number of sulfone groups is 1. The van der Waals surface area contributed by atoms with Crippen LogP contribution in [0.1, 0.15) is 26.7 Å². The Kier molecular flexibility index (Phi) is 5.43. The van der Waals surface area contributed by atoms with Gasteiger partial charge in [-0.1, -0.05) is 0 Å². The normalized spacial score (nSPS) is 15.9. The monoisotopic (exact) mass is 251 g/mol. The highest BCUT2D eigenvalue weighted by Gasteiger charge is 2.44. The Labute approximate surface area is 95.2 Å². The van der Waals surface area contributed by atoms with Gasteiger partial charge in [0.25, 0.3) is 0 Å². The second kappa shape index (κ2) is 5.83. The molecule has 0 rings (SSSR count). The Bertz CT molecular complexity index is 362. The Morgan fingerprint density at radius 2 is 2.12 bits per heavy atom. The van der Waals surface area contributed by atoms with Crippen LogP contribution in [0.3, 0.4) is 0 Å². The molecule has 0 aromatic heterocycles. The summed E-state index contributed by atoms with van der Waals surface area (Å²) in [4.78, 5) is 11.6. The van der Waals surface area contributed by atoms with Crippen LogP contribution in [-0.2, 0) is 19.4 Å². The highest BCUT2D eigenvalue weighted by atomic mass is 32.2. The summed E-state index contributed by atoms with van der Waals surface area (Å²) >= 11 is 0. The molecule has 0 saturated carbocycles. The van der Waals surface area contributed by atoms with Crippen LogP contribution in [0.15, 0.2) is 5.16 Å². The smallest absolute Gasteiger partial charge is 0.327 e. The summed E-state index contributed by atoms with van der Waals surface area (Å²) in [6.07, 6.45) is 2.33. The summed E-state index contributed by atoms with van der Waals surface area (Å²) in [6.45, 7) is 3.04. The lowest BCUT2D eigenvalue weighted by Gasteiger charge is -2.24. The molecule has 0 heterocycles. The summed E-state index contributed by atoms with van der Waals surface area (Å²) in [6, 6.07) is 0. The average Bonchev–Trinajstić information content (AvgIpc) is 2.16. The lowest BCUT2D eigenvalue weighted by atomic mass is 10.1. The summed E-state index contributed by atoms with van der Waals surface area (Å²) in [5.41, 5.74) is 0. The van der Waals surface area contributed by atoms with E-state index in [1.165, 1.54) is 6.92 Å². The van der Waals surface area contributed by atoms with Crippen molar-refractivity contribution in [2.45, 2.75) is 31.4 Å². The van der Waals surface area contributed by atoms with Crippen molar-refractivity contribution in [3.8, 4) is 0 Å². The van der Waals surface area contributed by atoms with Gasteiger partial charge in [0.1, 0.15) is 0 Å². The molecule has 6 nitrogen and oxygen atoms in total. The molecule has 0 bridgehead atoms. The van der Waals surface area contributed by atoms with Gasteiger partial charge in [0.05, 0.1) is 6.61 Å². The molecule has 0 spiro atoms. The second-order valence-electron chi connectivity index (χ2n) is 3.56. The number of ether oxygens (including phenoxy) is 1. The molecule has 1 atom stereocenters. The number of nitrogens with zero attached hydrogens (tertiary/aromatic N) is 1. The first kappa shape index (κ1) is 14.9. The second-order valence-corrected chi connectivity index (χ2v) is 6.01. The van der Waals surface area contributed by atoms with Crippen LogP contribution >= 0.6 is 0 Å². The molecule has 0 aliphatic rings. The summed E-state index contributed by atoms with van der Waals surface area (Å²) in [5.74, 6) is -0.774. The SMILES string of the molecule is CCOC(=O)[C@](C)(CC/C=N\O)S(C)(=O)=O. The molecule has 0 saturated heterocycles. The zero-order chi connectivity index (χ0) is 12.8. The first-order chi connectivity index (χ1) is 7.29. The molecular weight excluding hydrogens is 234 g/mol. The Morgan fingerprint density at radius 3 is 2.50 bits per heavy atom. The minimum absolute atomic E-state index is 0.0225. The summed E-state index contributed by atoms with van der Waals surface area (Å²) in [7, 11) is -3.58. The van der Waals surface area contributed by atoms with Crippen molar-refractivity contribution in [2.75, 3.05) is 12.9 Å². The van der Waals surface area contributed by atoms with Crippen LogP contribution in [0.25, 0.3) is 0 Å². The zero-order valence-electron chi connectivity index (χ0n) is 9.63. The molecule has 16 heavy (non-hydrogen) atoms. The van der Waals surface area contributed by atoms with Crippen LogP contribution < -0.4 is 0 Å². The van der Waals surface area contributed by atoms with E-state index in [1.807, 2.05) is 0 Å². The van der Waals surface area contributed by atoms with Gasteiger partial charge in [-0.05, 0) is 26.7 Å².